The highest BCUT2D eigenvalue weighted by molar-refractivity contribution is 7.92. The molecule has 0 unspecified atom stereocenters. The smallest absolute Gasteiger partial charge is 0.267 e. The van der Waals surface area contributed by atoms with Crippen LogP contribution in [-0.2, 0) is 22.9 Å². The van der Waals surface area contributed by atoms with Gasteiger partial charge >= 0.3 is 0 Å². The highest BCUT2D eigenvalue weighted by Crippen LogP contribution is 2.36. The Morgan fingerprint density at radius 3 is 2.59 bits per heavy atom. The maximum absolute atomic E-state index is 12.8. The molecule has 11 heteroatoms. The quantitative estimate of drug-likeness (QED) is 0.410. The van der Waals surface area contributed by atoms with Gasteiger partial charge in [-0.25, -0.2) is 28.1 Å². The van der Waals surface area contributed by atoms with Crippen LogP contribution in [0.15, 0.2) is 53.7 Å². The molecule has 0 saturated heterocycles. The van der Waals surface area contributed by atoms with Gasteiger partial charge in [0.1, 0.15) is 9.71 Å². The number of benzene rings is 1. The Labute approximate surface area is 187 Å². The summed E-state index contributed by atoms with van der Waals surface area (Å²) >= 11 is 1.26. The van der Waals surface area contributed by atoms with E-state index in [4.69, 9.17) is 5.73 Å². The lowest BCUT2D eigenvalue weighted by Crippen LogP contribution is -2.15. The molecule has 0 radical (unpaired) electrons. The standard InChI is InChI=1S/C21H18N6O3S2/c22-17-15-11-12-3-1-4-16(12)26-20(15)31-18(17)19(28)25-13-5-7-14(8-6-13)32(29,30)27-21-23-9-2-10-24-21/h2,5-11H,1,3-4,22H2,(H,25,28)(H,23,24,27). The number of sulfonamides is 1. The van der Waals surface area contributed by atoms with Crippen molar-refractivity contribution in [1.29, 1.82) is 0 Å². The van der Waals surface area contributed by atoms with Crippen molar-refractivity contribution < 1.29 is 13.2 Å². The number of aryl methyl sites for hydroxylation is 2. The van der Waals surface area contributed by atoms with Crippen LogP contribution in [0.4, 0.5) is 17.3 Å². The second kappa shape index (κ2) is 7.84. The van der Waals surface area contributed by atoms with Gasteiger partial charge in [-0.05, 0) is 61.2 Å². The molecule has 9 nitrogen and oxygen atoms in total. The molecule has 1 aliphatic carbocycles. The van der Waals surface area contributed by atoms with Crippen LogP contribution in [0, 0.1) is 0 Å². The first-order valence-electron chi connectivity index (χ1n) is 9.83. The minimum absolute atomic E-state index is 0.0167. The predicted octanol–water partition coefficient (Wildman–Crippen LogP) is 3.21. The van der Waals surface area contributed by atoms with Crippen molar-refractivity contribution in [1.82, 2.24) is 15.0 Å². The summed E-state index contributed by atoms with van der Waals surface area (Å²) in [6.45, 7) is 0. The van der Waals surface area contributed by atoms with E-state index in [-0.39, 0.29) is 16.8 Å². The molecule has 0 aliphatic heterocycles. The molecule has 5 rings (SSSR count). The van der Waals surface area contributed by atoms with Gasteiger partial charge in [-0.15, -0.1) is 11.3 Å². The number of nitrogen functional groups attached to an aromatic ring is 1. The number of nitrogens with one attached hydrogen (secondary N) is 2. The number of aromatic nitrogens is 3. The average Bonchev–Trinajstić information content (AvgIpc) is 3.37. The summed E-state index contributed by atoms with van der Waals surface area (Å²) < 4.78 is 27.3. The van der Waals surface area contributed by atoms with Crippen LogP contribution in [0.2, 0.25) is 0 Å². The molecule has 1 aliphatic rings. The Hall–Kier alpha value is -3.57. The molecule has 162 valence electrons. The number of anilines is 3. The minimum atomic E-state index is -3.85. The van der Waals surface area contributed by atoms with Crippen molar-refractivity contribution in [2.24, 2.45) is 0 Å². The van der Waals surface area contributed by atoms with Gasteiger partial charge in [-0.1, -0.05) is 0 Å². The molecule has 4 aromatic rings. The number of carbonyl (C=O) groups excluding carboxylic acids is 1. The summed E-state index contributed by atoms with van der Waals surface area (Å²) in [6, 6.07) is 9.42. The summed E-state index contributed by atoms with van der Waals surface area (Å²) in [7, 11) is -3.85. The van der Waals surface area contributed by atoms with Crippen molar-refractivity contribution in [3.63, 3.8) is 0 Å². The van der Waals surface area contributed by atoms with E-state index >= 15 is 0 Å². The monoisotopic (exact) mass is 466 g/mol. The van der Waals surface area contributed by atoms with Gasteiger partial charge in [0, 0.05) is 29.2 Å². The van der Waals surface area contributed by atoms with E-state index in [0.717, 1.165) is 35.2 Å². The summed E-state index contributed by atoms with van der Waals surface area (Å²) in [5, 5.41) is 3.57. The van der Waals surface area contributed by atoms with E-state index in [0.29, 0.717) is 16.3 Å². The van der Waals surface area contributed by atoms with Crippen molar-refractivity contribution in [3.05, 3.63) is 64.9 Å². The average molecular weight is 467 g/mol. The third kappa shape index (κ3) is 3.76. The molecule has 0 bridgehead atoms. The first-order valence-corrected chi connectivity index (χ1v) is 12.1. The summed E-state index contributed by atoms with van der Waals surface area (Å²) in [6.07, 6.45) is 5.89. The molecule has 4 N–H and O–H groups in total. The van der Waals surface area contributed by atoms with Crippen LogP contribution >= 0.6 is 11.3 Å². The first kappa shape index (κ1) is 20.3. The molecule has 0 fully saturated rings. The summed E-state index contributed by atoms with van der Waals surface area (Å²) in [5.74, 6) is -0.387. The van der Waals surface area contributed by atoms with Crippen LogP contribution in [-0.4, -0.2) is 29.3 Å². The second-order valence-electron chi connectivity index (χ2n) is 7.30. The van der Waals surface area contributed by atoms with Gasteiger partial charge in [0.2, 0.25) is 5.95 Å². The molecule has 32 heavy (non-hydrogen) atoms. The van der Waals surface area contributed by atoms with Gasteiger partial charge < -0.3 is 11.1 Å². The summed E-state index contributed by atoms with van der Waals surface area (Å²) in [5.41, 5.74) is 9.38. The highest BCUT2D eigenvalue weighted by atomic mass is 32.2. The van der Waals surface area contributed by atoms with Crippen LogP contribution in [0.3, 0.4) is 0 Å². The largest absolute Gasteiger partial charge is 0.397 e. The highest BCUT2D eigenvalue weighted by Gasteiger charge is 2.21. The molecule has 0 atom stereocenters. The van der Waals surface area contributed by atoms with Crippen LogP contribution < -0.4 is 15.8 Å². The molecule has 3 heterocycles. The van der Waals surface area contributed by atoms with E-state index in [2.05, 4.69) is 25.0 Å². The number of thiophene rings is 1. The maximum atomic E-state index is 12.8. The number of hydrogen-bond donors (Lipinski definition) is 3. The Balaban J connectivity index is 1.34. The minimum Gasteiger partial charge on any atom is -0.397 e. The lowest BCUT2D eigenvalue weighted by molar-refractivity contribution is 0.103. The Bertz CT molecular complexity index is 1430. The number of pyridine rings is 1. The number of rotatable bonds is 5. The van der Waals surface area contributed by atoms with E-state index in [9.17, 15) is 13.2 Å². The van der Waals surface area contributed by atoms with E-state index in [1.54, 1.807) is 6.07 Å². The van der Waals surface area contributed by atoms with Gasteiger partial charge in [0.05, 0.1) is 10.6 Å². The van der Waals surface area contributed by atoms with Crippen LogP contribution in [0.1, 0.15) is 27.3 Å². The number of nitrogens with two attached hydrogens (primary N) is 1. The van der Waals surface area contributed by atoms with Crippen molar-refractivity contribution in [2.75, 3.05) is 15.8 Å². The topological polar surface area (TPSA) is 140 Å². The number of nitrogens with zero attached hydrogens (tertiary/aromatic N) is 3. The van der Waals surface area contributed by atoms with E-state index < -0.39 is 10.0 Å². The number of carbonyl (C=O) groups is 1. The molecular formula is C21H18N6O3S2. The SMILES string of the molecule is Nc1c(C(=O)Nc2ccc(S(=O)(=O)Nc3ncccn3)cc2)sc2nc3c(cc12)CCC3. The number of amides is 1. The number of hydrogen-bond acceptors (Lipinski definition) is 8. The van der Waals surface area contributed by atoms with Gasteiger partial charge in [0.25, 0.3) is 15.9 Å². The van der Waals surface area contributed by atoms with Crippen molar-refractivity contribution >= 4 is 54.8 Å². The molecule has 1 aromatic carbocycles. The predicted molar refractivity (Wildman–Crippen MR) is 123 cm³/mol. The summed E-state index contributed by atoms with van der Waals surface area (Å²) in [4.78, 5) is 26.4. The lowest BCUT2D eigenvalue weighted by atomic mass is 10.1. The fraction of sp³-hybridized carbons (Fsp3) is 0.143. The van der Waals surface area contributed by atoms with E-state index in [1.165, 1.54) is 53.6 Å². The molecule has 0 saturated carbocycles. The Kier molecular flexibility index (Phi) is 4.98. The zero-order valence-corrected chi connectivity index (χ0v) is 18.3. The zero-order chi connectivity index (χ0) is 22.3. The van der Waals surface area contributed by atoms with Gasteiger partial charge in [-0.3, -0.25) is 4.79 Å². The van der Waals surface area contributed by atoms with Crippen molar-refractivity contribution in [2.45, 2.75) is 24.2 Å². The molecule has 1 amide bonds. The fourth-order valence-electron chi connectivity index (χ4n) is 3.60. The van der Waals surface area contributed by atoms with Crippen molar-refractivity contribution in [3.8, 4) is 0 Å². The molecule has 3 aromatic heterocycles. The van der Waals surface area contributed by atoms with Gasteiger partial charge in [0.15, 0.2) is 0 Å². The Morgan fingerprint density at radius 1 is 1.09 bits per heavy atom. The molecular weight excluding hydrogens is 448 g/mol. The zero-order valence-electron chi connectivity index (χ0n) is 16.7. The van der Waals surface area contributed by atoms with Gasteiger partial charge in [-0.2, -0.15) is 0 Å². The lowest BCUT2D eigenvalue weighted by Gasteiger charge is -2.08. The maximum Gasteiger partial charge on any atom is 0.267 e. The number of fused-ring (bicyclic) bond motifs is 2. The first-order chi connectivity index (χ1) is 15.4. The van der Waals surface area contributed by atoms with Crippen LogP contribution in [0.5, 0.6) is 0 Å². The molecule has 0 spiro atoms. The third-order valence-corrected chi connectivity index (χ3v) is 7.63. The third-order valence-electron chi connectivity index (χ3n) is 5.17. The normalized spacial score (nSPS) is 13.1. The van der Waals surface area contributed by atoms with E-state index in [1.807, 2.05) is 6.07 Å². The fourth-order valence-corrected chi connectivity index (χ4v) is 5.55. The Morgan fingerprint density at radius 2 is 1.84 bits per heavy atom. The van der Waals surface area contributed by atoms with Crippen LogP contribution in [0.25, 0.3) is 10.2 Å². The second-order valence-corrected chi connectivity index (χ2v) is 9.98.